The van der Waals surface area contributed by atoms with Crippen molar-refractivity contribution in [1.29, 1.82) is 0 Å². The molecule has 0 saturated heterocycles. The molecule has 0 aliphatic rings. The number of para-hydroxylation sites is 1. The van der Waals surface area contributed by atoms with Crippen LogP contribution in [-0.2, 0) is 6.42 Å². The first-order chi connectivity index (χ1) is 7.33. The molecule has 1 aromatic carbocycles. The highest BCUT2D eigenvalue weighted by Gasteiger charge is 2.08. The minimum atomic E-state index is 0.747. The van der Waals surface area contributed by atoms with Crippen LogP contribution in [0.5, 0.6) is 11.5 Å². The molecular weight excluding hydrogens is 188 g/mol. The van der Waals surface area contributed by atoms with Gasteiger partial charge in [0.2, 0.25) is 0 Å². The van der Waals surface area contributed by atoms with E-state index in [1.54, 1.807) is 7.11 Å². The van der Waals surface area contributed by atoms with E-state index in [4.69, 9.17) is 9.47 Å². The van der Waals surface area contributed by atoms with Gasteiger partial charge in [-0.25, -0.2) is 0 Å². The third-order valence-electron chi connectivity index (χ3n) is 2.25. The molecule has 0 N–H and O–H groups in total. The molecule has 0 unspecified atom stereocenters. The van der Waals surface area contributed by atoms with Gasteiger partial charge in [-0.05, 0) is 24.5 Å². The normalized spacial score (nSPS) is 10.1. The van der Waals surface area contributed by atoms with Crippen molar-refractivity contribution in [3.05, 3.63) is 23.8 Å². The van der Waals surface area contributed by atoms with E-state index in [2.05, 4.69) is 19.9 Å². The molecule has 1 aromatic rings. The van der Waals surface area contributed by atoms with Gasteiger partial charge in [-0.3, -0.25) is 0 Å². The second-order valence-corrected chi connectivity index (χ2v) is 3.55. The van der Waals surface area contributed by atoms with E-state index in [1.807, 2.05) is 12.1 Å². The van der Waals surface area contributed by atoms with E-state index >= 15 is 0 Å². The number of methoxy groups -OCH3 is 1. The van der Waals surface area contributed by atoms with E-state index in [1.165, 1.54) is 5.56 Å². The van der Waals surface area contributed by atoms with E-state index in [9.17, 15) is 0 Å². The Kier molecular flexibility index (Phi) is 5.02. The molecule has 0 aliphatic heterocycles. The zero-order valence-electron chi connectivity index (χ0n) is 9.88. The van der Waals surface area contributed by atoms with Gasteiger partial charge in [-0.2, -0.15) is 0 Å². The number of ether oxygens (including phenoxy) is 2. The molecule has 0 radical (unpaired) electrons. The average molecular weight is 208 g/mol. The maximum atomic E-state index is 5.74. The fourth-order valence-corrected chi connectivity index (χ4v) is 1.56. The Bertz CT molecular complexity index is 295. The number of hydrogen-bond donors (Lipinski definition) is 0. The fourth-order valence-electron chi connectivity index (χ4n) is 1.56. The summed E-state index contributed by atoms with van der Waals surface area (Å²) in [7, 11) is 1.68. The molecule has 2 heteroatoms. The molecule has 1 rings (SSSR count). The molecule has 2 nitrogen and oxygen atoms in total. The maximum Gasteiger partial charge on any atom is 0.164 e. The first kappa shape index (κ1) is 11.9. The van der Waals surface area contributed by atoms with E-state index in [0.29, 0.717) is 0 Å². The summed E-state index contributed by atoms with van der Waals surface area (Å²) in [4.78, 5) is 0. The zero-order valence-corrected chi connectivity index (χ0v) is 9.88. The standard InChI is InChI=1S/C13H20O2/c1-4-7-11-8-6-9-12(14-3)13(11)15-10-5-2/h6,8-9H,4-5,7,10H2,1-3H3. The van der Waals surface area contributed by atoms with Gasteiger partial charge in [0.1, 0.15) is 0 Å². The van der Waals surface area contributed by atoms with Crippen molar-refractivity contribution in [3.8, 4) is 11.5 Å². The third-order valence-corrected chi connectivity index (χ3v) is 2.25. The second kappa shape index (κ2) is 6.33. The number of rotatable bonds is 6. The third kappa shape index (κ3) is 3.15. The van der Waals surface area contributed by atoms with Crippen molar-refractivity contribution >= 4 is 0 Å². The van der Waals surface area contributed by atoms with Crippen LogP contribution in [0.2, 0.25) is 0 Å². The predicted octanol–water partition coefficient (Wildman–Crippen LogP) is 3.44. The summed E-state index contributed by atoms with van der Waals surface area (Å²) in [5, 5.41) is 0. The molecule has 0 aliphatic carbocycles. The van der Waals surface area contributed by atoms with Gasteiger partial charge in [0.05, 0.1) is 13.7 Å². The molecule has 0 heterocycles. The van der Waals surface area contributed by atoms with Crippen LogP contribution in [0.15, 0.2) is 18.2 Å². The van der Waals surface area contributed by atoms with E-state index < -0.39 is 0 Å². The van der Waals surface area contributed by atoms with Crippen LogP contribution in [0.4, 0.5) is 0 Å². The topological polar surface area (TPSA) is 18.5 Å². The minimum Gasteiger partial charge on any atom is -0.493 e. The summed E-state index contributed by atoms with van der Waals surface area (Å²) in [6, 6.07) is 6.07. The van der Waals surface area contributed by atoms with Crippen molar-refractivity contribution in [1.82, 2.24) is 0 Å². The van der Waals surface area contributed by atoms with Gasteiger partial charge in [-0.15, -0.1) is 0 Å². The first-order valence-corrected chi connectivity index (χ1v) is 5.62. The zero-order chi connectivity index (χ0) is 11.1. The summed E-state index contributed by atoms with van der Waals surface area (Å²) in [6.07, 6.45) is 3.18. The Labute approximate surface area is 92.2 Å². The Morgan fingerprint density at radius 3 is 2.53 bits per heavy atom. The Morgan fingerprint density at radius 2 is 1.93 bits per heavy atom. The van der Waals surface area contributed by atoms with Crippen LogP contribution in [0.1, 0.15) is 32.3 Å². The van der Waals surface area contributed by atoms with Crippen molar-refractivity contribution in [2.24, 2.45) is 0 Å². The molecule has 15 heavy (non-hydrogen) atoms. The van der Waals surface area contributed by atoms with Gasteiger partial charge >= 0.3 is 0 Å². The maximum absolute atomic E-state index is 5.74. The van der Waals surface area contributed by atoms with Crippen LogP contribution in [0.25, 0.3) is 0 Å². The highest BCUT2D eigenvalue weighted by molar-refractivity contribution is 5.46. The average Bonchev–Trinajstić information content (AvgIpc) is 2.27. The van der Waals surface area contributed by atoms with Crippen LogP contribution in [0, 0.1) is 0 Å². The molecule has 0 aromatic heterocycles. The Balaban J connectivity index is 2.92. The lowest BCUT2D eigenvalue weighted by Gasteiger charge is -2.14. The molecular formula is C13H20O2. The van der Waals surface area contributed by atoms with E-state index in [0.717, 1.165) is 37.4 Å². The molecule has 0 fully saturated rings. The van der Waals surface area contributed by atoms with Crippen LogP contribution < -0.4 is 9.47 Å². The van der Waals surface area contributed by atoms with Gasteiger partial charge < -0.3 is 9.47 Å². The van der Waals surface area contributed by atoms with Crippen molar-refractivity contribution < 1.29 is 9.47 Å². The van der Waals surface area contributed by atoms with Crippen LogP contribution in [0.3, 0.4) is 0 Å². The molecule has 0 spiro atoms. The summed E-state index contributed by atoms with van der Waals surface area (Å²) in [5.41, 5.74) is 1.24. The van der Waals surface area contributed by atoms with Crippen molar-refractivity contribution in [2.45, 2.75) is 33.1 Å². The molecule has 0 bridgehead atoms. The lowest BCUT2D eigenvalue weighted by molar-refractivity contribution is 0.291. The lowest BCUT2D eigenvalue weighted by atomic mass is 10.1. The lowest BCUT2D eigenvalue weighted by Crippen LogP contribution is -2.01. The van der Waals surface area contributed by atoms with E-state index in [-0.39, 0.29) is 0 Å². The summed E-state index contributed by atoms with van der Waals surface area (Å²) in [6.45, 7) is 5.02. The largest absolute Gasteiger partial charge is 0.493 e. The van der Waals surface area contributed by atoms with Crippen molar-refractivity contribution in [2.75, 3.05) is 13.7 Å². The Hall–Kier alpha value is -1.18. The first-order valence-electron chi connectivity index (χ1n) is 5.62. The summed E-state index contributed by atoms with van der Waals surface area (Å²) < 4.78 is 11.0. The molecule has 0 amide bonds. The van der Waals surface area contributed by atoms with Gasteiger partial charge in [-0.1, -0.05) is 32.4 Å². The Morgan fingerprint density at radius 1 is 1.13 bits per heavy atom. The number of benzene rings is 1. The van der Waals surface area contributed by atoms with Crippen molar-refractivity contribution in [3.63, 3.8) is 0 Å². The summed E-state index contributed by atoms with van der Waals surface area (Å²) >= 11 is 0. The molecule has 0 saturated carbocycles. The molecule has 0 atom stereocenters. The van der Waals surface area contributed by atoms with Gasteiger partial charge in [0.15, 0.2) is 11.5 Å². The highest BCUT2D eigenvalue weighted by atomic mass is 16.5. The van der Waals surface area contributed by atoms with Crippen LogP contribution >= 0.6 is 0 Å². The van der Waals surface area contributed by atoms with Gasteiger partial charge in [0, 0.05) is 0 Å². The number of aryl methyl sites for hydroxylation is 1. The highest BCUT2D eigenvalue weighted by Crippen LogP contribution is 2.31. The summed E-state index contributed by atoms with van der Waals surface area (Å²) in [5.74, 6) is 1.76. The SMILES string of the molecule is CCCOc1c(CCC)cccc1OC. The second-order valence-electron chi connectivity index (χ2n) is 3.55. The quantitative estimate of drug-likeness (QED) is 0.713. The monoisotopic (exact) mass is 208 g/mol. The number of hydrogen-bond acceptors (Lipinski definition) is 2. The smallest absolute Gasteiger partial charge is 0.164 e. The fraction of sp³-hybridized carbons (Fsp3) is 0.538. The van der Waals surface area contributed by atoms with Crippen LogP contribution in [-0.4, -0.2) is 13.7 Å². The predicted molar refractivity (Wildman–Crippen MR) is 62.8 cm³/mol. The van der Waals surface area contributed by atoms with Gasteiger partial charge in [0.25, 0.3) is 0 Å². The molecule has 84 valence electrons. The minimum absolute atomic E-state index is 0.747.